The van der Waals surface area contributed by atoms with Gasteiger partial charge in [-0.2, -0.15) is 13.2 Å². The van der Waals surface area contributed by atoms with Gasteiger partial charge in [0.25, 0.3) is 0 Å². The maximum absolute atomic E-state index is 12.3. The molecule has 0 aliphatic rings. The van der Waals surface area contributed by atoms with Gasteiger partial charge in [-0.1, -0.05) is 6.92 Å². The van der Waals surface area contributed by atoms with Gasteiger partial charge in [-0.15, -0.1) is 0 Å². The van der Waals surface area contributed by atoms with Gasteiger partial charge < -0.3 is 15.5 Å². The third-order valence-corrected chi connectivity index (χ3v) is 2.77. The lowest BCUT2D eigenvalue weighted by atomic mass is 9.98. The number of anilines is 1. The molecule has 0 aromatic carbocycles. The van der Waals surface area contributed by atoms with Crippen LogP contribution in [0.1, 0.15) is 18.9 Å². The van der Waals surface area contributed by atoms with Crippen molar-refractivity contribution in [1.82, 2.24) is 4.98 Å². The van der Waals surface area contributed by atoms with E-state index in [2.05, 4.69) is 10.3 Å². The first-order chi connectivity index (χ1) is 8.37. The van der Waals surface area contributed by atoms with Gasteiger partial charge in [-0.3, -0.25) is 0 Å². The van der Waals surface area contributed by atoms with Crippen LogP contribution in [0.15, 0.2) is 18.3 Å². The number of nitrogens with zero attached hydrogens (tertiary/aromatic N) is 1. The molecule has 0 spiro atoms. The Balaban J connectivity index is 2.86. The van der Waals surface area contributed by atoms with E-state index in [-0.39, 0.29) is 19.0 Å². The average molecular weight is 264 g/mol. The van der Waals surface area contributed by atoms with E-state index in [0.29, 0.717) is 12.6 Å². The van der Waals surface area contributed by atoms with Gasteiger partial charge in [0.1, 0.15) is 5.82 Å². The molecule has 1 heterocycles. The summed E-state index contributed by atoms with van der Waals surface area (Å²) >= 11 is 0. The zero-order valence-corrected chi connectivity index (χ0v) is 9.83. The maximum atomic E-state index is 12.3. The lowest BCUT2D eigenvalue weighted by Crippen LogP contribution is -2.45. The molecule has 1 aromatic heterocycles. The summed E-state index contributed by atoms with van der Waals surface area (Å²) in [6.45, 7) is 1.05. The van der Waals surface area contributed by atoms with E-state index in [1.54, 1.807) is 6.92 Å². The number of hydrogen-bond acceptors (Lipinski definition) is 4. The average Bonchev–Trinajstić information content (AvgIpc) is 2.36. The molecule has 0 saturated heterocycles. The Kier molecular flexibility index (Phi) is 4.53. The molecule has 1 aromatic rings. The zero-order valence-electron chi connectivity index (χ0n) is 9.83. The van der Waals surface area contributed by atoms with Crippen LogP contribution >= 0.6 is 0 Å². The Morgan fingerprint density at radius 2 is 1.83 bits per heavy atom. The normalized spacial score (nSPS) is 12.6. The van der Waals surface area contributed by atoms with Gasteiger partial charge >= 0.3 is 6.18 Å². The van der Waals surface area contributed by atoms with Crippen molar-refractivity contribution in [2.75, 3.05) is 18.5 Å². The van der Waals surface area contributed by atoms with Crippen LogP contribution in [-0.2, 0) is 6.18 Å². The van der Waals surface area contributed by atoms with Gasteiger partial charge in [0, 0.05) is 6.20 Å². The number of alkyl halides is 3. The predicted octanol–water partition coefficient (Wildman–Crippen LogP) is 1.65. The van der Waals surface area contributed by atoms with Crippen LogP contribution in [0.5, 0.6) is 0 Å². The number of aromatic nitrogens is 1. The van der Waals surface area contributed by atoms with E-state index in [4.69, 9.17) is 0 Å². The highest BCUT2D eigenvalue weighted by Crippen LogP contribution is 2.29. The lowest BCUT2D eigenvalue weighted by Gasteiger charge is -2.30. The summed E-state index contributed by atoms with van der Waals surface area (Å²) in [6.07, 6.45) is -3.32. The quantitative estimate of drug-likeness (QED) is 0.756. The molecule has 0 aliphatic carbocycles. The molecule has 18 heavy (non-hydrogen) atoms. The van der Waals surface area contributed by atoms with Gasteiger partial charge in [0.15, 0.2) is 0 Å². The van der Waals surface area contributed by atoms with Gasteiger partial charge in [-0.25, -0.2) is 4.98 Å². The summed E-state index contributed by atoms with van der Waals surface area (Å²) < 4.78 is 36.9. The van der Waals surface area contributed by atoms with Gasteiger partial charge in [-0.05, 0) is 18.6 Å². The molecular weight excluding hydrogens is 249 g/mol. The third kappa shape index (κ3) is 3.33. The van der Waals surface area contributed by atoms with Crippen LogP contribution in [0.2, 0.25) is 0 Å². The molecule has 0 aliphatic heterocycles. The van der Waals surface area contributed by atoms with E-state index < -0.39 is 17.3 Å². The highest BCUT2D eigenvalue weighted by molar-refractivity contribution is 5.39. The Bertz CT molecular complexity index is 367. The molecule has 0 fully saturated rings. The summed E-state index contributed by atoms with van der Waals surface area (Å²) in [4.78, 5) is 3.62. The van der Waals surface area contributed by atoms with Gasteiger partial charge in [0.2, 0.25) is 0 Å². The molecule has 1 rings (SSSR count). The fraction of sp³-hybridized carbons (Fsp3) is 0.545. The fourth-order valence-electron chi connectivity index (χ4n) is 1.35. The molecule has 0 amide bonds. The van der Waals surface area contributed by atoms with Crippen molar-refractivity contribution in [1.29, 1.82) is 0 Å². The van der Waals surface area contributed by atoms with Crippen molar-refractivity contribution in [3.63, 3.8) is 0 Å². The first-order valence-corrected chi connectivity index (χ1v) is 5.40. The summed E-state index contributed by atoms with van der Waals surface area (Å²) in [7, 11) is 0. The zero-order chi connectivity index (χ0) is 13.8. The minimum atomic E-state index is -4.43. The summed E-state index contributed by atoms with van der Waals surface area (Å²) in [6, 6.07) is 2.06. The summed E-state index contributed by atoms with van der Waals surface area (Å²) in [5, 5.41) is 21.1. The molecule has 102 valence electrons. The number of aliphatic hydroxyl groups excluding tert-OH is 2. The molecular formula is C11H15F3N2O2. The Labute approximate surface area is 102 Å². The lowest BCUT2D eigenvalue weighted by molar-refractivity contribution is -0.137. The smallest absolute Gasteiger partial charge is 0.394 e. The van der Waals surface area contributed by atoms with Crippen molar-refractivity contribution in [3.8, 4) is 0 Å². The van der Waals surface area contributed by atoms with Crippen LogP contribution in [-0.4, -0.2) is 33.9 Å². The van der Waals surface area contributed by atoms with E-state index in [0.717, 1.165) is 6.07 Å². The van der Waals surface area contributed by atoms with Crippen molar-refractivity contribution >= 4 is 5.82 Å². The van der Waals surface area contributed by atoms with E-state index in [9.17, 15) is 23.4 Å². The highest BCUT2D eigenvalue weighted by atomic mass is 19.4. The number of halogens is 3. The third-order valence-electron chi connectivity index (χ3n) is 2.77. The Morgan fingerprint density at radius 1 is 1.22 bits per heavy atom. The number of pyridine rings is 1. The van der Waals surface area contributed by atoms with Crippen molar-refractivity contribution in [2.45, 2.75) is 25.1 Å². The molecule has 3 N–H and O–H groups in total. The van der Waals surface area contributed by atoms with E-state index >= 15 is 0 Å². The highest BCUT2D eigenvalue weighted by Gasteiger charge is 2.31. The second kappa shape index (κ2) is 5.53. The minimum absolute atomic E-state index is 0.174. The molecule has 0 atom stereocenters. The Hall–Kier alpha value is -1.34. The standard InChI is InChI=1S/C11H15F3N2O2/c1-2-10(6-17,7-18)16-9-4-3-8(5-15-9)11(12,13)14/h3-5,17-18H,2,6-7H2,1H3,(H,15,16). The first-order valence-electron chi connectivity index (χ1n) is 5.40. The minimum Gasteiger partial charge on any atom is -0.394 e. The molecule has 0 saturated carbocycles. The SMILES string of the molecule is CCC(CO)(CO)Nc1ccc(C(F)(F)F)cn1. The number of nitrogens with one attached hydrogen (secondary N) is 1. The van der Waals surface area contributed by atoms with Crippen molar-refractivity contribution in [2.24, 2.45) is 0 Å². The molecule has 0 unspecified atom stereocenters. The monoisotopic (exact) mass is 264 g/mol. The maximum Gasteiger partial charge on any atom is 0.417 e. The second-order valence-electron chi connectivity index (χ2n) is 4.00. The fourth-order valence-corrected chi connectivity index (χ4v) is 1.35. The first kappa shape index (κ1) is 14.7. The topological polar surface area (TPSA) is 65.4 Å². The largest absolute Gasteiger partial charge is 0.417 e. The van der Waals surface area contributed by atoms with Crippen molar-refractivity contribution < 1.29 is 23.4 Å². The van der Waals surface area contributed by atoms with E-state index in [1.165, 1.54) is 6.07 Å². The molecule has 0 radical (unpaired) electrons. The van der Waals surface area contributed by atoms with Crippen LogP contribution in [0.3, 0.4) is 0 Å². The number of aliphatic hydroxyl groups is 2. The summed E-state index contributed by atoms with van der Waals surface area (Å²) in [5.74, 6) is 0.174. The number of rotatable bonds is 5. The van der Waals surface area contributed by atoms with Crippen molar-refractivity contribution in [3.05, 3.63) is 23.9 Å². The Morgan fingerprint density at radius 3 is 2.17 bits per heavy atom. The van der Waals surface area contributed by atoms with Crippen LogP contribution in [0.25, 0.3) is 0 Å². The molecule has 7 heteroatoms. The molecule has 0 bridgehead atoms. The van der Waals surface area contributed by atoms with Crippen LogP contribution in [0.4, 0.5) is 19.0 Å². The van der Waals surface area contributed by atoms with E-state index in [1.807, 2.05) is 0 Å². The second-order valence-corrected chi connectivity index (χ2v) is 4.00. The predicted molar refractivity (Wildman–Crippen MR) is 60.1 cm³/mol. The van der Waals surface area contributed by atoms with Crippen LogP contribution < -0.4 is 5.32 Å². The van der Waals surface area contributed by atoms with Crippen LogP contribution in [0, 0.1) is 0 Å². The number of hydrogen-bond donors (Lipinski definition) is 3. The molecule has 4 nitrogen and oxygen atoms in total. The van der Waals surface area contributed by atoms with Gasteiger partial charge in [0.05, 0.1) is 24.3 Å². The summed E-state index contributed by atoms with van der Waals surface area (Å²) in [5.41, 5.74) is -1.82.